The number of nitrogens with zero attached hydrogens (tertiary/aromatic N) is 3. The maximum Gasteiger partial charge on any atom is 0.227 e. The molecule has 0 spiro atoms. The third-order valence-corrected chi connectivity index (χ3v) is 8.91. The summed E-state index contributed by atoms with van der Waals surface area (Å²) in [6.45, 7) is 2.50. The number of aliphatic hydroxyl groups is 1. The summed E-state index contributed by atoms with van der Waals surface area (Å²) in [7, 11) is 0. The molecular formula is C34H33N5O3S2. The minimum absolute atomic E-state index is 0.126. The number of rotatable bonds is 15. The van der Waals surface area contributed by atoms with Crippen LogP contribution in [0.3, 0.4) is 0 Å². The van der Waals surface area contributed by atoms with Gasteiger partial charge in [0, 0.05) is 30.1 Å². The van der Waals surface area contributed by atoms with Crippen LogP contribution in [0.2, 0.25) is 0 Å². The fraction of sp³-hybridized carbons (Fsp3) is 0.206. The minimum atomic E-state index is 0.126. The summed E-state index contributed by atoms with van der Waals surface area (Å²) in [4.78, 5) is 10.2. The number of anilines is 2. The third kappa shape index (κ3) is 8.15. The van der Waals surface area contributed by atoms with E-state index in [0.29, 0.717) is 31.3 Å². The van der Waals surface area contributed by atoms with E-state index in [1.165, 1.54) is 0 Å². The highest BCUT2D eigenvalue weighted by atomic mass is 32.2. The second-order valence-corrected chi connectivity index (χ2v) is 11.8. The number of aromatic nitrogens is 2. The monoisotopic (exact) mass is 623 g/mol. The first kappa shape index (κ1) is 31.0. The predicted octanol–water partition coefficient (Wildman–Crippen LogP) is 7.14. The SMILES string of the molecule is CSc1sc(-c2ccnc(Nc3cccc(OCCCNCCO)c3)n2)c(-c2cccc(OCc3ccccc3)c2)c1C#N. The van der Waals surface area contributed by atoms with Gasteiger partial charge in [-0.1, -0.05) is 48.5 Å². The fourth-order valence-electron chi connectivity index (χ4n) is 4.52. The Morgan fingerprint density at radius 1 is 0.955 bits per heavy atom. The molecule has 0 atom stereocenters. The van der Waals surface area contributed by atoms with Crippen molar-refractivity contribution in [2.24, 2.45) is 0 Å². The summed E-state index contributed by atoms with van der Waals surface area (Å²) in [5, 5.41) is 25.5. The summed E-state index contributed by atoms with van der Waals surface area (Å²) in [6.07, 6.45) is 4.53. The molecule has 0 amide bonds. The molecular weight excluding hydrogens is 591 g/mol. The van der Waals surface area contributed by atoms with E-state index in [0.717, 1.165) is 61.6 Å². The third-order valence-electron chi connectivity index (χ3n) is 6.58. The molecule has 0 aliphatic heterocycles. The van der Waals surface area contributed by atoms with Crippen molar-refractivity contribution < 1.29 is 14.6 Å². The molecule has 8 nitrogen and oxygen atoms in total. The Bertz CT molecular complexity index is 1710. The molecule has 0 aliphatic carbocycles. The number of aliphatic hydroxyl groups excluding tert-OH is 1. The van der Waals surface area contributed by atoms with Crippen LogP contribution in [0, 0.1) is 11.3 Å². The Morgan fingerprint density at radius 3 is 2.57 bits per heavy atom. The number of thioether (sulfide) groups is 1. The second kappa shape index (κ2) is 15.9. The van der Waals surface area contributed by atoms with Crippen molar-refractivity contribution >= 4 is 34.7 Å². The minimum Gasteiger partial charge on any atom is -0.493 e. The first-order valence-electron chi connectivity index (χ1n) is 14.2. The molecule has 10 heteroatoms. The van der Waals surface area contributed by atoms with Crippen molar-refractivity contribution in [3.05, 3.63) is 102 Å². The molecule has 224 valence electrons. The van der Waals surface area contributed by atoms with E-state index in [1.54, 1.807) is 29.3 Å². The average molecular weight is 624 g/mol. The lowest BCUT2D eigenvalue weighted by atomic mass is 10.0. The zero-order chi connectivity index (χ0) is 30.6. The molecule has 0 fully saturated rings. The zero-order valence-electron chi connectivity index (χ0n) is 24.3. The number of hydrogen-bond acceptors (Lipinski definition) is 10. The van der Waals surface area contributed by atoms with Gasteiger partial charge in [-0.05, 0) is 60.7 Å². The molecule has 2 aromatic heterocycles. The molecule has 3 aromatic carbocycles. The second-order valence-electron chi connectivity index (χ2n) is 9.68. The van der Waals surface area contributed by atoms with E-state index in [9.17, 15) is 5.26 Å². The summed E-state index contributed by atoms with van der Waals surface area (Å²) in [6, 6.07) is 29.9. The van der Waals surface area contributed by atoms with Gasteiger partial charge in [0.05, 0.1) is 33.6 Å². The normalized spacial score (nSPS) is 10.8. The van der Waals surface area contributed by atoms with E-state index in [4.69, 9.17) is 19.6 Å². The van der Waals surface area contributed by atoms with Crippen molar-refractivity contribution in [2.75, 3.05) is 37.9 Å². The first-order chi connectivity index (χ1) is 21.7. The van der Waals surface area contributed by atoms with Crippen LogP contribution in [0.15, 0.2) is 95.3 Å². The van der Waals surface area contributed by atoms with Crippen LogP contribution in [-0.4, -0.2) is 47.6 Å². The summed E-state index contributed by atoms with van der Waals surface area (Å²) in [5.74, 6) is 1.91. The topological polar surface area (TPSA) is 112 Å². The van der Waals surface area contributed by atoms with Crippen LogP contribution in [-0.2, 0) is 6.61 Å². The maximum absolute atomic E-state index is 10.2. The summed E-state index contributed by atoms with van der Waals surface area (Å²) >= 11 is 3.10. The molecule has 0 saturated heterocycles. The number of thiophene rings is 1. The van der Waals surface area contributed by atoms with Crippen molar-refractivity contribution in [3.8, 4) is 39.3 Å². The Balaban J connectivity index is 1.37. The van der Waals surface area contributed by atoms with E-state index < -0.39 is 0 Å². The highest BCUT2D eigenvalue weighted by Crippen LogP contribution is 2.46. The standard InChI is InChI=1S/C34H33N5O3S2/c1-43-33-29(22-35)31(25-10-5-12-27(20-25)42-23-24-8-3-2-4-9-24)32(44-33)30-14-16-37-34(39-30)38-26-11-6-13-28(21-26)41-19-7-15-36-17-18-40/h2-6,8-14,16,20-21,36,40H,7,15,17-19,23H2,1H3,(H,37,38,39). The largest absolute Gasteiger partial charge is 0.493 e. The Morgan fingerprint density at radius 2 is 1.77 bits per heavy atom. The molecule has 44 heavy (non-hydrogen) atoms. The molecule has 3 N–H and O–H groups in total. The fourth-order valence-corrected chi connectivity index (χ4v) is 6.43. The predicted molar refractivity (Wildman–Crippen MR) is 178 cm³/mol. The van der Waals surface area contributed by atoms with E-state index in [1.807, 2.05) is 91.2 Å². The Kier molecular flexibility index (Phi) is 11.2. The van der Waals surface area contributed by atoms with Crippen LogP contribution in [0.1, 0.15) is 17.5 Å². The van der Waals surface area contributed by atoms with Crippen molar-refractivity contribution in [1.29, 1.82) is 5.26 Å². The summed E-state index contributed by atoms with van der Waals surface area (Å²) in [5.41, 5.74) is 4.96. The maximum atomic E-state index is 10.2. The zero-order valence-corrected chi connectivity index (χ0v) is 26.0. The van der Waals surface area contributed by atoms with E-state index >= 15 is 0 Å². The number of nitrogens with one attached hydrogen (secondary N) is 2. The molecule has 5 aromatic rings. The van der Waals surface area contributed by atoms with Crippen LogP contribution in [0.4, 0.5) is 11.6 Å². The smallest absolute Gasteiger partial charge is 0.227 e. The molecule has 0 radical (unpaired) electrons. The van der Waals surface area contributed by atoms with Gasteiger partial charge in [0.1, 0.15) is 24.2 Å². The lowest BCUT2D eigenvalue weighted by Crippen LogP contribution is -2.20. The Hall–Kier alpha value is -4.40. The lowest BCUT2D eigenvalue weighted by molar-refractivity contribution is 0.282. The molecule has 2 heterocycles. The van der Waals surface area contributed by atoms with Gasteiger partial charge in [-0.2, -0.15) is 5.26 Å². The van der Waals surface area contributed by atoms with Crippen molar-refractivity contribution in [2.45, 2.75) is 17.2 Å². The number of hydrogen-bond donors (Lipinski definition) is 3. The Labute approximate surface area is 265 Å². The van der Waals surface area contributed by atoms with Crippen LogP contribution in [0.5, 0.6) is 11.5 Å². The number of benzene rings is 3. The highest BCUT2D eigenvalue weighted by molar-refractivity contribution is 8.00. The van der Waals surface area contributed by atoms with Crippen molar-refractivity contribution in [1.82, 2.24) is 15.3 Å². The van der Waals surface area contributed by atoms with E-state index in [-0.39, 0.29) is 6.61 Å². The number of nitriles is 1. The van der Waals surface area contributed by atoms with Gasteiger partial charge in [0.2, 0.25) is 5.95 Å². The molecule has 0 saturated carbocycles. The van der Waals surface area contributed by atoms with Crippen LogP contribution >= 0.6 is 23.1 Å². The molecule has 5 rings (SSSR count). The van der Waals surface area contributed by atoms with E-state index in [2.05, 4.69) is 21.7 Å². The lowest BCUT2D eigenvalue weighted by Gasteiger charge is -2.11. The van der Waals surface area contributed by atoms with Gasteiger partial charge < -0.3 is 25.2 Å². The van der Waals surface area contributed by atoms with Crippen LogP contribution in [0.25, 0.3) is 21.7 Å². The molecule has 0 unspecified atom stereocenters. The van der Waals surface area contributed by atoms with Crippen molar-refractivity contribution in [3.63, 3.8) is 0 Å². The van der Waals surface area contributed by atoms with Gasteiger partial charge in [0.25, 0.3) is 0 Å². The molecule has 0 bridgehead atoms. The van der Waals surface area contributed by atoms with Gasteiger partial charge in [-0.25, -0.2) is 9.97 Å². The van der Waals surface area contributed by atoms with Gasteiger partial charge in [-0.3, -0.25) is 0 Å². The summed E-state index contributed by atoms with van der Waals surface area (Å²) < 4.78 is 12.9. The van der Waals surface area contributed by atoms with Gasteiger partial charge >= 0.3 is 0 Å². The van der Waals surface area contributed by atoms with Gasteiger partial charge in [0.15, 0.2) is 0 Å². The quantitative estimate of drug-likeness (QED) is 0.0827. The first-order valence-corrected chi connectivity index (χ1v) is 16.3. The highest BCUT2D eigenvalue weighted by Gasteiger charge is 2.22. The number of ether oxygens (including phenoxy) is 2. The molecule has 0 aliphatic rings. The average Bonchev–Trinajstić information content (AvgIpc) is 3.45. The van der Waals surface area contributed by atoms with Crippen LogP contribution < -0.4 is 20.1 Å². The van der Waals surface area contributed by atoms with Gasteiger partial charge in [-0.15, -0.1) is 23.1 Å².